The van der Waals surface area contributed by atoms with Gasteiger partial charge in [0, 0.05) is 12.1 Å². The van der Waals surface area contributed by atoms with Gasteiger partial charge in [0.25, 0.3) is 0 Å². The Morgan fingerprint density at radius 1 is 0.633 bits per heavy atom. The molecule has 0 aliphatic heterocycles. The summed E-state index contributed by atoms with van der Waals surface area (Å²) in [7, 11) is 0. The molecule has 0 aliphatic rings. The number of nitrogens with one attached hydrogen (secondary N) is 1. The lowest BCUT2D eigenvalue weighted by atomic mass is 10.0. The number of allylic oxidation sites excluding steroid dienone is 6. The zero-order chi connectivity index (χ0) is 22.2. The van der Waals surface area contributed by atoms with Gasteiger partial charge in [0.1, 0.15) is 11.5 Å². The summed E-state index contributed by atoms with van der Waals surface area (Å²) in [6, 6.07) is 0. The lowest BCUT2D eigenvalue weighted by molar-refractivity contribution is 0.451. The standard InChI is InChI=1S/C27H43NO2/c1-5-6-7-8-9-10-11-12-13-14-15-16-17-18-19-20-21-28-25-24(4)26(29)22(2)23(3)27(25)30/h6-7,9-10,12-13,28-30H,5,8,11,14-21H2,1-4H3. The van der Waals surface area contributed by atoms with Crippen LogP contribution < -0.4 is 5.32 Å². The number of hydrogen-bond acceptors (Lipinski definition) is 3. The Morgan fingerprint density at radius 3 is 1.83 bits per heavy atom. The van der Waals surface area contributed by atoms with Crippen molar-refractivity contribution in [3.8, 4) is 11.5 Å². The number of benzene rings is 1. The van der Waals surface area contributed by atoms with Gasteiger partial charge in [0.15, 0.2) is 0 Å². The van der Waals surface area contributed by atoms with Crippen LogP contribution in [0, 0.1) is 20.8 Å². The Morgan fingerprint density at radius 2 is 1.17 bits per heavy atom. The highest BCUT2D eigenvalue weighted by atomic mass is 16.3. The van der Waals surface area contributed by atoms with Crippen molar-refractivity contribution in [2.24, 2.45) is 0 Å². The van der Waals surface area contributed by atoms with Crippen LogP contribution in [-0.4, -0.2) is 16.8 Å². The highest BCUT2D eigenvalue weighted by molar-refractivity contribution is 5.70. The summed E-state index contributed by atoms with van der Waals surface area (Å²) in [5, 5.41) is 23.8. The number of rotatable bonds is 15. The maximum atomic E-state index is 10.3. The van der Waals surface area contributed by atoms with Crippen LogP contribution in [0.25, 0.3) is 0 Å². The predicted molar refractivity (Wildman–Crippen MR) is 132 cm³/mol. The van der Waals surface area contributed by atoms with Crippen LogP contribution in [0.5, 0.6) is 11.5 Å². The lowest BCUT2D eigenvalue weighted by Crippen LogP contribution is -2.05. The molecule has 3 nitrogen and oxygen atoms in total. The fraction of sp³-hybridized carbons (Fsp3) is 0.556. The fourth-order valence-electron chi connectivity index (χ4n) is 3.47. The summed E-state index contributed by atoms with van der Waals surface area (Å²) >= 11 is 0. The molecule has 0 bridgehead atoms. The van der Waals surface area contributed by atoms with E-state index in [0.717, 1.165) is 48.9 Å². The molecule has 1 rings (SSSR count). The summed E-state index contributed by atoms with van der Waals surface area (Å²) in [6.07, 6.45) is 25.2. The lowest BCUT2D eigenvalue weighted by Gasteiger charge is -2.17. The Labute approximate surface area is 184 Å². The van der Waals surface area contributed by atoms with E-state index >= 15 is 0 Å². The average molecular weight is 414 g/mol. The number of anilines is 1. The number of phenolic OH excluding ortho intramolecular Hbond substituents is 2. The second kappa shape index (κ2) is 15.6. The highest BCUT2D eigenvalue weighted by Crippen LogP contribution is 2.39. The van der Waals surface area contributed by atoms with E-state index in [1.54, 1.807) is 0 Å². The molecule has 168 valence electrons. The maximum absolute atomic E-state index is 10.3. The number of unbranched alkanes of at least 4 members (excludes halogenated alkanes) is 6. The second-order valence-electron chi connectivity index (χ2n) is 8.08. The van der Waals surface area contributed by atoms with Crippen LogP contribution >= 0.6 is 0 Å². The van der Waals surface area contributed by atoms with Crippen molar-refractivity contribution in [2.75, 3.05) is 11.9 Å². The van der Waals surface area contributed by atoms with Crippen LogP contribution in [0.2, 0.25) is 0 Å². The molecule has 0 spiro atoms. The Hall–Kier alpha value is -2.16. The molecule has 0 aliphatic carbocycles. The van der Waals surface area contributed by atoms with Gasteiger partial charge >= 0.3 is 0 Å². The largest absolute Gasteiger partial charge is 0.507 e. The van der Waals surface area contributed by atoms with Crippen molar-refractivity contribution in [2.45, 2.75) is 91.9 Å². The van der Waals surface area contributed by atoms with Gasteiger partial charge in [0.2, 0.25) is 0 Å². The molecule has 0 unspecified atom stereocenters. The molecule has 30 heavy (non-hydrogen) atoms. The third-order valence-corrected chi connectivity index (χ3v) is 5.62. The highest BCUT2D eigenvalue weighted by Gasteiger charge is 2.15. The van der Waals surface area contributed by atoms with Crippen LogP contribution in [0.4, 0.5) is 5.69 Å². The Balaban J connectivity index is 2.06. The van der Waals surface area contributed by atoms with E-state index in [4.69, 9.17) is 0 Å². The minimum absolute atomic E-state index is 0.264. The smallest absolute Gasteiger partial charge is 0.142 e. The van der Waals surface area contributed by atoms with Gasteiger partial charge in [-0.25, -0.2) is 0 Å². The van der Waals surface area contributed by atoms with Gasteiger partial charge in [0.05, 0.1) is 5.69 Å². The summed E-state index contributed by atoms with van der Waals surface area (Å²) < 4.78 is 0. The number of phenols is 2. The molecular weight excluding hydrogens is 370 g/mol. The molecule has 3 heteroatoms. The fourth-order valence-corrected chi connectivity index (χ4v) is 3.47. The van der Waals surface area contributed by atoms with E-state index < -0.39 is 0 Å². The summed E-state index contributed by atoms with van der Waals surface area (Å²) in [5.74, 6) is 0.543. The van der Waals surface area contributed by atoms with E-state index in [1.807, 2.05) is 20.8 Å². The van der Waals surface area contributed by atoms with Gasteiger partial charge in [-0.15, -0.1) is 0 Å². The first-order valence-electron chi connectivity index (χ1n) is 11.7. The molecule has 1 aromatic carbocycles. The summed E-state index contributed by atoms with van der Waals surface area (Å²) in [4.78, 5) is 0. The summed E-state index contributed by atoms with van der Waals surface area (Å²) in [6.45, 7) is 8.50. The molecule has 0 aromatic heterocycles. The number of hydrogen-bond donors (Lipinski definition) is 3. The molecule has 0 atom stereocenters. The predicted octanol–water partition coefficient (Wildman–Crippen LogP) is 8.02. The van der Waals surface area contributed by atoms with Gasteiger partial charge in [-0.1, -0.05) is 69.1 Å². The van der Waals surface area contributed by atoms with Gasteiger partial charge < -0.3 is 15.5 Å². The van der Waals surface area contributed by atoms with Crippen molar-refractivity contribution >= 4 is 5.69 Å². The zero-order valence-electron chi connectivity index (χ0n) is 19.6. The first-order chi connectivity index (χ1) is 14.5. The number of aromatic hydroxyl groups is 2. The van der Waals surface area contributed by atoms with Crippen LogP contribution in [0.1, 0.15) is 87.8 Å². The topological polar surface area (TPSA) is 52.5 Å². The van der Waals surface area contributed by atoms with Crippen molar-refractivity contribution in [3.63, 3.8) is 0 Å². The first kappa shape index (κ1) is 25.9. The van der Waals surface area contributed by atoms with Crippen LogP contribution in [0.3, 0.4) is 0 Å². The third-order valence-electron chi connectivity index (χ3n) is 5.62. The quantitative estimate of drug-likeness (QED) is 0.118. The van der Waals surface area contributed by atoms with Crippen molar-refractivity contribution in [3.05, 3.63) is 53.1 Å². The molecule has 0 saturated heterocycles. The van der Waals surface area contributed by atoms with Crippen molar-refractivity contribution in [1.29, 1.82) is 0 Å². The van der Waals surface area contributed by atoms with Crippen LogP contribution in [0.15, 0.2) is 36.5 Å². The monoisotopic (exact) mass is 413 g/mol. The van der Waals surface area contributed by atoms with E-state index in [1.165, 1.54) is 38.5 Å². The van der Waals surface area contributed by atoms with Gasteiger partial charge in [-0.05, 0) is 70.4 Å². The first-order valence-corrected chi connectivity index (χ1v) is 11.7. The molecule has 3 N–H and O–H groups in total. The second-order valence-corrected chi connectivity index (χ2v) is 8.08. The van der Waals surface area contributed by atoms with Gasteiger partial charge in [-0.3, -0.25) is 0 Å². The Kier molecular flexibility index (Phi) is 13.5. The molecule has 0 amide bonds. The van der Waals surface area contributed by atoms with Crippen molar-refractivity contribution < 1.29 is 10.2 Å². The molecule has 1 aromatic rings. The van der Waals surface area contributed by atoms with E-state index in [9.17, 15) is 10.2 Å². The Bertz CT molecular complexity index is 672. The average Bonchev–Trinajstić information content (AvgIpc) is 2.75. The van der Waals surface area contributed by atoms with E-state index in [2.05, 4.69) is 48.7 Å². The van der Waals surface area contributed by atoms with Crippen LogP contribution in [-0.2, 0) is 0 Å². The minimum Gasteiger partial charge on any atom is -0.507 e. The third kappa shape index (κ3) is 9.56. The molecule has 0 heterocycles. The molecular formula is C27H43NO2. The minimum atomic E-state index is 0.264. The molecule has 0 radical (unpaired) electrons. The maximum Gasteiger partial charge on any atom is 0.142 e. The zero-order valence-corrected chi connectivity index (χ0v) is 19.6. The van der Waals surface area contributed by atoms with E-state index in [0.29, 0.717) is 5.69 Å². The molecule has 0 fully saturated rings. The normalized spacial score (nSPS) is 12.0. The SMILES string of the molecule is CCC=CCC=CCC=CCCCCCCCCNc1c(C)c(O)c(C)c(C)c1O. The van der Waals surface area contributed by atoms with E-state index in [-0.39, 0.29) is 11.5 Å². The van der Waals surface area contributed by atoms with Gasteiger partial charge in [-0.2, -0.15) is 0 Å². The molecule has 0 saturated carbocycles. The van der Waals surface area contributed by atoms with Crippen molar-refractivity contribution in [1.82, 2.24) is 0 Å². The summed E-state index contributed by atoms with van der Waals surface area (Å²) in [5.41, 5.74) is 2.90.